The molecule has 1 aromatic rings. The van der Waals surface area contributed by atoms with Gasteiger partial charge in [0.15, 0.2) is 0 Å². The van der Waals surface area contributed by atoms with Crippen LogP contribution in [0.3, 0.4) is 0 Å². The van der Waals surface area contributed by atoms with Gasteiger partial charge < -0.3 is 5.32 Å². The quantitative estimate of drug-likeness (QED) is 0.722. The maximum absolute atomic E-state index is 11.7. The van der Waals surface area contributed by atoms with Crippen molar-refractivity contribution in [2.75, 3.05) is 18.6 Å². The molecule has 0 aromatic carbocycles. The zero-order valence-corrected chi connectivity index (χ0v) is 13.2. The van der Waals surface area contributed by atoms with E-state index in [1.165, 1.54) is 36.4 Å². The van der Waals surface area contributed by atoms with Gasteiger partial charge in [0.2, 0.25) is 0 Å². The summed E-state index contributed by atoms with van der Waals surface area (Å²) in [6.07, 6.45) is 6.96. The van der Waals surface area contributed by atoms with E-state index in [2.05, 4.69) is 27.5 Å². The molecule has 0 aliphatic rings. The monoisotopic (exact) mass is 335 g/mol. The summed E-state index contributed by atoms with van der Waals surface area (Å²) in [5.74, 6) is 1.28. The maximum atomic E-state index is 11.7. The molecule has 0 spiro atoms. The van der Waals surface area contributed by atoms with Crippen LogP contribution in [0.5, 0.6) is 0 Å². The minimum absolute atomic E-state index is 0.0380. The van der Waals surface area contributed by atoms with Crippen molar-refractivity contribution in [1.82, 2.24) is 5.32 Å². The van der Waals surface area contributed by atoms with E-state index in [0.717, 1.165) is 22.3 Å². The minimum atomic E-state index is 0.0380. The molecular formula is C12H18BrNOS2. The van der Waals surface area contributed by atoms with Crippen LogP contribution in [-0.4, -0.2) is 24.5 Å². The second kappa shape index (κ2) is 9.00. The number of carbonyl (C=O) groups is 1. The Morgan fingerprint density at radius 1 is 1.41 bits per heavy atom. The van der Waals surface area contributed by atoms with E-state index in [1.807, 2.05) is 23.2 Å². The van der Waals surface area contributed by atoms with E-state index in [9.17, 15) is 4.79 Å². The Morgan fingerprint density at radius 3 is 2.82 bits per heavy atom. The Bertz CT molecular complexity index is 341. The number of halogens is 1. The van der Waals surface area contributed by atoms with E-state index in [0.29, 0.717) is 0 Å². The zero-order chi connectivity index (χ0) is 12.5. The van der Waals surface area contributed by atoms with Crippen molar-refractivity contribution in [2.45, 2.75) is 25.7 Å². The average Bonchev–Trinajstić information content (AvgIpc) is 2.74. The SMILES string of the molecule is CSCCCCCCNC(=O)c1sccc1Br. The van der Waals surface area contributed by atoms with Crippen LogP contribution in [-0.2, 0) is 0 Å². The predicted molar refractivity (Wildman–Crippen MR) is 81.2 cm³/mol. The molecule has 5 heteroatoms. The van der Waals surface area contributed by atoms with Gasteiger partial charge >= 0.3 is 0 Å². The first-order chi connectivity index (χ1) is 8.25. The van der Waals surface area contributed by atoms with Crippen molar-refractivity contribution in [3.05, 3.63) is 20.8 Å². The van der Waals surface area contributed by atoms with Crippen LogP contribution >= 0.6 is 39.0 Å². The van der Waals surface area contributed by atoms with Crippen molar-refractivity contribution < 1.29 is 4.79 Å². The highest BCUT2D eigenvalue weighted by atomic mass is 79.9. The molecule has 0 saturated heterocycles. The summed E-state index contributed by atoms with van der Waals surface area (Å²) in [6.45, 7) is 0.780. The van der Waals surface area contributed by atoms with Gasteiger partial charge in [0, 0.05) is 11.0 Å². The number of thiophene rings is 1. The average molecular weight is 336 g/mol. The van der Waals surface area contributed by atoms with Gasteiger partial charge in [-0.2, -0.15) is 11.8 Å². The molecule has 1 rings (SSSR count). The van der Waals surface area contributed by atoms with Gasteiger partial charge in [-0.05, 0) is 52.2 Å². The first-order valence-electron chi connectivity index (χ1n) is 5.76. The number of unbranched alkanes of at least 4 members (excludes halogenated alkanes) is 3. The fourth-order valence-electron chi connectivity index (χ4n) is 1.46. The molecule has 1 aromatic heterocycles. The zero-order valence-electron chi connectivity index (χ0n) is 10.0. The molecule has 0 unspecified atom stereocenters. The number of rotatable bonds is 8. The summed E-state index contributed by atoms with van der Waals surface area (Å²) >= 11 is 6.73. The lowest BCUT2D eigenvalue weighted by atomic mass is 10.2. The second-order valence-electron chi connectivity index (χ2n) is 3.76. The van der Waals surface area contributed by atoms with Crippen LogP contribution in [0.4, 0.5) is 0 Å². The molecule has 96 valence electrons. The fraction of sp³-hybridized carbons (Fsp3) is 0.583. The largest absolute Gasteiger partial charge is 0.351 e. The van der Waals surface area contributed by atoms with Crippen LogP contribution in [0.2, 0.25) is 0 Å². The lowest BCUT2D eigenvalue weighted by Gasteiger charge is -2.04. The molecule has 0 bridgehead atoms. The molecule has 0 atom stereocenters. The first-order valence-corrected chi connectivity index (χ1v) is 8.82. The summed E-state index contributed by atoms with van der Waals surface area (Å²) in [7, 11) is 0. The van der Waals surface area contributed by atoms with Crippen molar-refractivity contribution in [3.63, 3.8) is 0 Å². The third kappa shape index (κ3) is 5.93. The highest BCUT2D eigenvalue weighted by Crippen LogP contribution is 2.22. The molecule has 17 heavy (non-hydrogen) atoms. The number of carbonyl (C=O) groups excluding carboxylic acids is 1. The summed E-state index contributed by atoms with van der Waals surface area (Å²) < 4.78 is 0.889. The number of nitrogens with one attached hydrogen (secondary N) is 1. The second-order valence-corrected chi connectivity index (χ2v) is 6.52. The summed E-state index contributed by atoms with van der Waals surface area (Å²) in [6, 6.07) is 1.90. The Kier molecular flexibility index (Phi) is 7.97. The minimum Gasteiger partial charge on any atom is -0.351 e. The molecule has 0 aliphatic heterocycles. The van der Waals surface area contributed by atoms with Crippen LogP contribution in [0.15, 0.2) is 15.9 Å². The normalized spacial score (nSPS) is 10.5. The van der Waals surface area contributed by atoms with E-state index < -0.39 is 0 Å². The van der Waals surface area contributed by atoms with E-state index in [-0.39, 0.29) is 5.91 Å². The van der Waals surface area contributed by atoms with Gasteiger partial charge in [0.05, 0.1) is 0 Å². The van der Waals surface area contributed by atoms with Crippen molar-refractivity contribution in [3.8, 4) is 0 Å². The van der Waals surface area contributed by atoms with Gasteiger partial charge in [-0.1, -0.05) is 12.8 Å². The lowest BCUT2D eigenvalue weighted by Crippen LogP contribution is -2.23. The Morgan fingerprint density at radius 2 is 2.18 bits per heavy atom. The van der Waals surface area contributed by atoms with Gasteiger partial charge in [0.25, 0.3) is 5.91 Å². The lowest BCUT2D eigenvalue weighted by molar-refractivity contribution is 0.0956. The highest BCUT2D eigenvalue weighted by Gasteiger charge is 2.09. The van der Waals surface area contributed by atoms with Crippen LogP contribution < -0.4 is 5.32 Å². The number of amides is 1. The number of thioether (sulfide) groups is 1. The standard InChI is InChI=1S/C12H18BrNOS2/c1-16-8-5-3-2-4-7-14-12(15)11-10(13)6-9-17-11/h6,9H,2-5,7-8H2,1H3,(H,14,15). The molecule has 0 fully saturated rings. The van der Waals surface area contributed by atoms with Gasteiger partial charge in [-0.15, -0.1) is 11.3 Å². The number of hydrogen-bond acceptors (Lipinski definition) is 3. The van der Waals surface area contributed by atoms with Crippen LogP contribution in [0.25, 0.3) is 0 Å². The van der Waals surface area contributed by atoms with Crippen molar-refractivity contribution in [2.24, 2.45) is 0 Å². The molecule has 0 aliphatic carbocycles. The summed E-state index contributed by atoms with van der Waals surface area (Å²) in [4.78, 5) is 12.5. The van der Waals surface area contributed by atoms with Gasteiger partial charge in [-0.25, -0.2) is 0 Å². The first kappa shape index (κ1) is 15.1. The predicted octanol–water partition coefficient (Wildman–Crippen LogP) is 4.16. The summed E-state index contributed by atoms with van der Waals surface area (Å²) in [5.41, 5.74) is 0. The Balaban J connectivity index is 2.07. The van der Waals surface area contributed by atoms with E-state index in [4.69, 9.17) is 0 Å². The highest BCUT2D eigenvalue weighted by molar-refractivity contribution is 9.10. The van der Waals surface area contributed by atoms with Crippen LogP contribution in [0.1, 0.15) is 35.4 Å². The maximum Gasteiger partial charge on any atom is 0.262 e. The van der Waals surface area contributed by atoms with Gasteiger partial charge in [0.1, 0.15) is 4.88 Å². The Hall–Kier alpha value is -0.000000000000000111. The Labute approximate surface area is 120 Å². The van der Waals surface area contributed by atoms with E-state index >= 15 is 0 Å². The third-order valence-electron chi connectivity index (χ3n) is 2.38. The topological polar surface area (TPSA) is 29.1 Å². The number of hydrogen-bond donors (Lipinski definition) is 1. The van der Waals surface area contributed by atoms with Gasteiger partial charge in [-0.3, -0.25) is 4.79 Å². The molecule has 0 radical (unpaired) electrons. The molecule has 1 N–H and O–H groups in total. The molecule has 1 amide bonds. The third-order valence-corrected chi connectivity index (χ3v) is 4.92. The molecule has 0 saturated carbocycles. The van der Waals surface area contributed by atoms with Crippen molar-refractivity contribution >= 4 is 44.9 Å². The molecule has 1 heterocycles. The van der Waals surface area contributed by atoms with Crippen LogP contribution in [0, 0.1) is 0 Å². The molecule has 2 nitrogen and oxygen atoms in total. The fourth-order valence-corrected chi connectivity index (χ4v) is 3.42. The summed E-state index contributed by atoms with van der Waals surface area (Å²) in [5, 5.41) is 4.87. The van der Waals surface area contributed by atoms with Crippen molar-refractivity contribution in [1.29, 1.82) is 0 Å². The molecular weight excluding hydrogens is 318 g/mol. The van der Waals surface area contributed by atoms with E-state index in [1.54, 1.807) is 0 Å². The smallest absolute Gasteiger partial charge is 0.262 e.